The van der Waals surface area contributed by atoms with Gasteiger partial charge in [0.15, 0.2) is 0 Å². The molecule has 0 radical (unpaired) electrons. The molecular formula is C5H12N2O. The molecule has 0 aromatic carbocycles. The quantitative estimate of drug-likeness (QED) is 0.312. The van der Waals surface area contributed by atoms with Gasteiger partial charge in [0.2, 0.25) is 0 Å². The Hall–Kier alpha value is -0.570. The fourth-order valence-electron chi connectivity index (χ4n) is 0.295. The van der Waals surface area contributed by atoms with Gasteiger partial charge in [-0.15, -0.1) is 0 Å². The lowest BCUT2D eigenvalue weighted by atomic mass is 10.2. The Balaban J connectivity index is 3.63. The van der Waals surface area contributed by atoms with Gasteiger partial charge in [-0.05, 0) is 20.9 Å². The van der Waals surface area contributed by atoms with Gasteiger partial charge >= 0.3 is 0 Å². The summed E-state index contributed by atoms with van der Waals surface area (Å²) >= 11 is 0. The number of oxime groups is 1. The molecule has 0 rings (SSSR count). The summed E-state index contributed by atoms with van der Waals surface area (Å²) in [4.78, 5) is 0. The van der Waals surface area contributed by atoms with Gasteiger partial charge in [0.1, 0.15) is 0 Å². The molecule has 8 heavy (non-hydrogen) atoms. The van der Waals surface area contributed by atoms with Crippen LogP contribution in [0.25, 0.3) is 0 Å². The lowest BCUT2D eigenvalue weighted by molar-refractivity contribution is 0.316. The third-order valence-corrected chi connectivity index (χ3v) is 1.22. The second-order valence-corrected chi connectivity index (χ2v) is 1.75. The summed E-state index contributed by atoms with van der Waals surface area (Å²) in [6.45, 7) is 3.69. The molecule has 0 spiro atoms. The van der Waals surface area contributed by atoms with Crippen molar-refractivity contribution in [2.24, 2.45) is 5.16 Å². The van der Waals surface area contributed by atoms with Gasteiger partial charge in [0, 0.05) is 6.04 Å². The van der Waals surface area contributed by atoms with Gasteiger partial charge in [-0.1, -0.05) is 5.16 Å². The molecule has 0 aliphatic rings. The molecule has 0 aliphatic carbocycles. The predicted molar refractivity (Wildman–Crippen MR) is 33.4 cm³/mol. The molecule has 48 valence electrons. The van der Waals surface area contributed by atoms with Crippen molar-refractivity contribution in [1.82, 2.24) is 5.32 Å². The standard InChI is InChI=1S/C5H12N2O/c1-4(6-3)5(2)7-8/h4,6,8H,1-3H3/b7-5+. The zero-order valence-electron chi connectivity index (χ0n) is 5.47. The van der Waals surface area contributed by atoms with Gasteiger partial charge in [-0.2, -0.15) is 0 Å². The van der Waals surface area contributed by atoms with E-state index in [4.69, 9.17) is 5.21 Å². The minimum Gasteiger partial charge on any atom is -0.411 e. The van der Waals surface area contributed by atoms with Crippen molar-refractivity contribution >= 4 is 5.71 Å². The first-order valence-corrected chi connectivity index (χ1v) is 2.58. The van der Waals surface area contributed by atoms with Gasteiger partial charge in [-0.3, -0.25) is 0 Å². The topological polar surface area (TPSA) is 44.6 Å². The van der Waals surface area contributed by atoms with E-state index in [9.17, 15) is 0 Å². The summed E-state index contributed by atoms with van der Waals surface area (Å²) in [7, 11) is 1.82. The van der Waals surface area contributed by atoms with Crippen molar-refractivity contribution in [1.29, 1.82) is 0 Å². The molecule has 3 heteroatoms. The van der Waals surface area contributed by atoms with E-state index in [0.717, 1.165) is 0 Å². The van der Waals surface area contributed by atoms with Gasteiger partial charge in [0.05, 0.1) is 5.71 Å². The number of nitrogens with one attached hydrogen (secondary N) is 1. The lowest BCUT2D eigenvalue weighted by Gasteiger charge is -2.05. The van der Waals surface area contributed by atoms with Crippen molar-refractivity contribution in [2.75, 3.05) is 7.05 Å². The Morgan fingerprint density at radius 3 is 2.38 bits per heavy atom. The summed E-state index contributed by atoms with van der Waals surface area (Å²) in [6, 6.07) is 0.167. The SMILES string of the molecule is CNC(C)/C(C)=N/O. The summed E-state index contributed by atoms with van der Waals surface area (Å²) in [5.41, 5.74) is 0.701. The van der Waals surface area contributed by atoms with Crippen LogP contribution in [-0.2, 0) is 0 Å². The van der Waals surface area contributed by atoms with Crippen molar-refractivity contribution in [3.63, 3.8) is 0 Å². The minimum atomic E-state index is 0.167. The monoisotopic (exact) mass is 116 g/mol. The third-order valence-electron chi connectivity index (χ3n) is 1.22. The zero-order chi connectivity index (χ0) is 6.57. The van der Waals surface area contributed by atoms with Crippen LogP contribution in [0, 0.1) is 0 Å². The maximum absolute atomic E-state index is 8.18. The van der Waals surface area contributed by atoms with Crippen molar-refractivity contribution < 1.29 is 5.21 Å². The normalized spacial score (nSPS) is 16.1. The average molecular weight is 116 g/mol. The van der Waals surface area contributed by atoms with Crippen LogP contribution in [0.15, 0.2) is 5.16 Å². The number of nitrogens with zero attached hydrogens (tertiary/aromatic N) is 1. The van der Waals surface area contributed by atoms with Crippen LogP contribution in [0.2, 0.25) is 0 Å². The maximum atomic E-state index is 8.18. The van der Waals surface area contributed by atoms with E-state index in [1.54, 1.807) is 6.92 Å². The summed E-state index contributed by atoms with van der Waals surface area (Å²) in [5, 5.41) is 14.1. The second-order valence-electron chi connectivity index (χ2n) is 1.75. The Labute approximate surface area is 49.4 Å². The van der Waals surface area contributed by atoms with Crippen molar-refractivity contribution in [3.8, 4) is 0 Å². The first-order valence-electron chi connectivity index (χ1n) is 2.58. The fraction of sp³-hybridized carbons (Fsp3) is 0.800. The zero-order valence-corrected chi connectivity index (χ0v) is 5.47. The van der Waals surface area contributed by atoms with Gasteiger partial charge in [-0.25, -0.2) is 0 Å². The molecule has 2 N–H and O–H groups in total. The molecule has 0 aromatic rings. The highest BCUT2D eigenvalue weighted by Gasteiger charge is 1.99. The Bertz CT molecular complexity index is 90.4. The molecule has 0 bridgehead atoms. The van der Waals surface area contributed by atoms with E-state index >= 15 is 0 Å². The van der Waals surface area contributed by atoms with E-state index in [1.165, 1.54) is 0 Å². The third kappa shape index (κ3) is 1.93. The van der Waals surface area contributed by atoms with Crippen LogP contribution in [0.4, 0.5) is 0 Å². The first-order chi connectivity index (χ1) is 3.72. The van der Waals surface area contributed by atoms with Gasteiger partial charge < -0.3 is 10.5 Å². The van der Waals surface area contributed by atoms with Crippen LogP contribution < -0.4 is 5.32 Å². The van der Waals surface area contributed by atoms with E-state index < -0.39 is 0 Å². The molecular weight excluding hydrogens is 104 g/mol. The molecule has 0 aromatic heterocycles. The molecule has 0 fully saturated rings. The van der Waals surface area contributed by atoms with E-state index in [0.29, 0.717) is 5.71 Å². The van der Waals surface area contributed by atoms with Crippen LogP contribution in [0.3, 0.4) is 0 Å². The summed E-state index contributed by atoms with van der Waals surface area (Å²) < 4.78 is 0. The summed E-state index contributed by atoms with van der Waals surface area (Å²) in [6.07, 6.45) is 0. The molecule has 0 saturated heterocycles. The number of rotatable bonds is 2. The maximum Gasteiger partial charge on any atom is 0.0706 e. The van der Waals surface area contributed by atoms with Crippen LogP contribution in [0.1, 0.15) is 13.8 Å². The Morgan fingerprint density at radius 2 is 2.25 bits per heavy atom. The molecule has 0 aliphatic heterocycles. The van der Waals surface area contributed by atoms with E-state index in [-0.39, 0.29) is 6.04 Å². The van der Waals surface area contributed by atoms with Gasteiger partial charge in [0.25, 0.3) is 0 Å². The highest BCUT2D eigenvalue weighted by atomic mass is 16.4. The van der Waals surface area contributed by atoms with Crippen LogP contribution in [0.5, 0.6) is 0 Å². The smallest absolute Gasteiger partial charge is 0.0706 e. The number of hydrogen-bond acceptors (Lipinski definition) is 3. The summed E-state index contributed by atoms with van der Waals surface area (Å²) in [5.74, 6) is 0. The van der Waals surface area contributed by atoms with Crippen molar-refractivity contribution in [3.05, 3.63) is 0 Å². The van der Waals surface area contributed by atoms with Crippen molar-refractivity contribution in [2.45, 2.75) is 19.9 Å². The van der Waals surface area contributed by atoms with Crippen LogP contribution >= 0.6 is 0 Å². The van der Waals surface area contributed by atoms with E-state index in [2.05, 4.69) is 10.5 Å². The molecule has 3 nitrogen and oxygen atoms in total. The Morgan fingerprint density at radius 1 is 1.75 bits per heavy atom. The number of hydrogen-bond donors (Lipinski definition) is 2. The average Bonchev–Trinajstić information content (AvgIpc) is 1.84. The second kappa shape index (κ2) is 3.43. The lowest BCUT2D eigenvalue weighted by Crippen LogP contribution is -2.28. The van der Waals surface area contributed by atoms with Crippen LogP contribution in [-0.4, -0.2) is 24.0 Å². The highest BCUT2D eigenvalue weighted by Crippen LogP contribution is 1.82. The predicted octanol–water partition coefficient (Wildman–Crippen LogP) is 0.444. The fourth-order valence-corrected chi connectivity index (χ4v) is 0.295. The highest BCUT2D eigenvalue weighted by molar-refractivity contribution is 5.86. The van der Waals surface area contributed by atoms with E-state index in [1.807, 2.05) is 14.0 Å². The molecule has 0 saturated carbocycles. The minimum absolute atomic E-state index is 0.167. The largest absolute Gasteiger partial charge is 0.411 e. The first kappa shape index (κ1) is 7.43. The molecule has 0 heterocycles. The molecule has 1 unspecified atom stereocenters. The molecule has 1 atom stereocenters. The molecule has 0 amide bonds. The Kier molecular flexibility index (Phi) is 3.19.